The van der Waals surface area contributed by atoms with E-state index in [1.165, 1.54) is 28.1 Å². The molecule has 150 valence electrons. The maximum atomic E-state index is 12.8. The van der Waals surface area contributed by atoms with Crippen LogP contribution in [0.2, 0.25) is 0 Å². The van der Waals surface area contributed by atoms with E-state index < -0.39 is 5.25 Å². The average molecular weight is 427 g/mol. The maximum Gasteiger partial charge on any atom is 0.263 e. The third-order valence-electron chi connectivity index (χ3n) is 4.14. The number of nitrogens with zero attached hydrogens (tertiary/aromatic N) is 3. The molecule has 0 saturated carbocycles. The standard InChI is InChI=1S/C21H22N4O2S2/c1-4-9-22-21-25(23-13-16-6-5-10-28-16)20(27)18(29-21)12-19(26)24-17-8-7-14(2)11-15(17)3/h4-8,10-11,13,18H,1,9,12H2,2-3H3,(H,24,26)/b22-21?,23-13-/t18-/m0/s1. The highest BCUT2D eigenvalue weighted by Crippen LogP contribution is 2.30. The van der Waals surface area contributed by atoms with E-state index in [1.807, 2.05) is 49.6 Å². The summed E-state index contributed by atoms with van der Waals surface area (Å²) in [7, 11) is 0. The molecule has 1 aromatic heterocycles. The Kier molecular flexibility index (Phi) is 7.00. The summed E-state index contributed by atoms with van der Waals surface area (Å²) in [5.74, 6) is -0.462. The highest BCUT2D eigenvalue weighted by molar-refractivity contribution is 8.15. The summed E-state index contributed by atoms with van der Waals surface area (Å²) in [6.07, 6.45) is 3.33. The molecule has 6 nitrogen and oxygen atoms in total. The van der Waals surface area contributed by atoms with E-state index in [1.54, 1.807) is 12.3 Å². The molecule has 1 aromatic carbocycles. The molecule has 0 spiro atoms. The van der Waals surface area contributed by atoms with Crippen LogP contribution in [0.25, 0.3) is 0 Å². The van der Waals surface area contributed by atoms with E-state index >= 15 is 0 Å². The van der Waals surface area contributed by atoms with Gasteiger partial charge in [0.05, 0.1) is 12.8 Å². The van der Waals surface area contributed by atoms with Gasteiger partial charge < -0.3 is 5.32 Å². The highest BCUT2D eigenvalue weighted by Gasteiger charge is 2.39. The van der Waals surface area contributed by atoms with E-state index in [4.69, 9.17) is 0 Å². The summed E-state index contributed by atoms with van der Waals surface area (Å²) >= 11 is 2.78. The van der Waals surface area contributed by atoms with Gasteiger partial charge in [0.2, 0.25) is 5.91 Å². The van der Waals surface area contributed by atoms with Crippen LogP contribution in [0.1, 0.15) is 22.4 Å². The Labute approximate surface area is 178 Å². The van der Waals surface area contributed by atoms with Crippen molar-refractivity contribution in [2.24, 2.45) is 10.1 Å². The van der Waals surface area contributed by atoms with Crippen LogP contribution in [-0.4, -0.2) is 40.0 Å². The molecular formula is C21H22N4O2S2. The number of hydrogen-bond acceptors (Lipinski definition) is 6. The van der Waals surface area contributed by atoms with Crippen molar-refractivity contribution in [2.75, 3.05) is 11.9 Å². The van der Waals surface area contributed by atoms with Crippen molar-refractivity contribution >= 4 is 52.0 Å². The van der Waals surface area contributed by atoms with Crippen molar-refractivity contribution in [3.63, 3.8) is 0 Å². The van der Waals surface area contributed by atoms with Gasteiger partial charge in [-0.15, -0.1) is 17.9 Å². The molecule has 1 fully saturated rings. The predicted octanol–water partition coefficient (Wildman–Crippen LogP) is 4.21. The molecule has 3 rings (SSSR count). The first-order valence-corrected chi connectivity index (χ1v) is 10.8. The van der Waals surface area contributed by atoms with Gasteiger partial charge in [0.25, 0.3) is 5.91 Å². The summed E-state index contributed by atoms with van der Waals surface area (Å²) in [5, 5.41) is 10.3. The average Bonchev–Trinajstić information content (AvgIpc) is 3.29. The smallest absolute Gasteiger partial charge is 0.263 e. The van der Waals surface area contributed by atoms with Gasteiger partial charge in [-0.25, -0.2) is 0 Å². The van der Waals surface area contributed by atoms with Crippen molar-refractivity contribution < 1.29 is 9.59 Å². The molecule has 0 bridgehead atoms. The van der Waals surface area contributed by atoms with Gasteiger partial charge in [-0.2, -0.15) is 10.1 Å². The molecule has 0 unspecified atom stereocenters. The van der Waals surface area contributed by atoms with Crippen LogP contribution in [-0.2, 0) is 9.59 Å². The first-order valence-electron chi connectivity index (χ1n) is 9.08. The fourth-order valence-corrected chi connectivity index (χ4v) is 4.40. The molecule has 0 aliphatic carbocycles. The second-order valence-corrected chi connectivity index (χ2v) is 8.65. The third kappa shape index (κ3) is 5.42. The summed E-state index contributed by atoms with van der Waals surface area (Å²) in [6.45, 7) is 7.98. The topological polar surface area (TPSA) is 74.1 Å². The number of amides is 2. The van der Waals surface area contributed by atoms with Crippen molar-refractivity contribution in [3.8, 4) is 0 Å². The quantitative estimate of drug-likeness (QED) is 0.532. The second-order valence-electron chi connectivity index (χ2n) is 6.50. The molecule has 2 heterocycles. The van der Waals surface area contributed by atoms with Crippen LogP contribution < -0.4 is 5.32 Å². The summed E-state index contributed by atoms with van der Waals surface area (Å²) < 4.78 is 0. The first kappa shape index (κ1) is 21.0. The fourth-order valence-electron chi connectivity index (χ4n) is 2.74. The van der Waals surface area contributed by atoms with E-state index in [-0.39, 0.29) is 18.2 Å². The molecular weight excluding hydrogens is 404 g/mol. The molecule has 2 aromatic rings. The largest absolute Gasteiger partial charge is 0.326 e. The van der Waals surface area contributed by atoms with E-state index in [0.717, 1.165) is 21.7 Å². The molecule has 1 aliphatic heterocycles. The second kappa shape index (κ2) is 9.67. The van der Waals surface area contributed by atoms with Gasteiger partial charge in [0.1, 0.15) is 5.25 Å². The van der Waals surface area contributed by atoms with Crippen LogP contribution in [0.5, 0.6) is 0 Å². The molecule has 8 heteroatoms. The van der Waals surface area contributed by atoms with Crippen LogP contribution in [0.15, 0.2) is 58.5 Å². The van der Waals surface area contributed by atoms with Crippen LogP contribution in [0.3, 0.4) is 0 Å². The zero-order valence-corrected chi connectivity index (χ0v) is 17.9. The Morgan fingerprint density at radius 3 is 2.86 bits per heavy atom. The first-order chi connectivity index (χ1) is 14.0. The van der Waals surface area contributed by atoms with Crippen LogP contribution >= 0.6 is 23.1 Å². The number of hydrogen-bond donors (Lipinski definition) is 1. The minimum absolute atomic E-state index is 0.0505. The number of anilines is 1. The van der Waals surface area contributed by atoms with E-state index in [0.29, 0.717) is 11.7 Å². The SMILES string of the molecule is C=CCN=C1S[C@@H](CC(=O)Nc2ccc(C)cc2C)C(=O)N1/N=C\c1cccs1. The number of aryl methyl sites for hydroxylation is 2. The predicted molar refractivity (Wildman–Crippen MR) is 122 cm³/mol. The summed E-state index contributed by atoms with van der Waals surface area (Å²) in [6, 6.07) is 9.66. The van der Waals surface area contributed by atoms with Crippen molar-refractivity contribution in [1.82, 2.24) is 5.01 Å². The Balaban J connectivity index is 1.71. The van der Waals surface area contributed by atoms with Crippen LogP contribution in [0, 0.1) is 13.8 Å². The number of carbonyl (C=O) groups excluding carboxylic acids is 2. The van der Waals surface area contributed by atoms with Gasteiger partial charge in [0, 0.05) is 17.0 Å². The molecule has 0 radical (unpaired) electrons. The number of benzene rings is 1. The third-order valence-corrected chi connectivity index (χ3v) is 6.11. The fraction of sp³-hybridized carbons (Fsp3) is 0.238. The maximum absolute atomic E-state index is 12.8. The highest BCUT2D eigenvalue weighted by atomic mass is 32.2. The zero-order chi connectivity index (χ0) is 20.8. The number of amidine groups is 1. The van der Waals surface area contributed by atoms with E-state index in [2.05, 4.69) is 22.0 Å². The van der Waals surface area contributed by atoms with Gasteiger partial charge >= 0.3 is 0 Å². The number of rotatable bonds is 7. The molecule has 1 saturated heterocycles. The van der Waals surface area contributed by atoms with E-state index in [9.17, 15) is 9.59 Å². The van der Waals surface area contributed by atoms with Gasteiger partial charge in [-0.05, 0) is 36.9 Å². The van der Waals surface area contributed by atoms with Gasteiger partial charge in [0.15, 0.2) is 5.17 Å². The minimum Gasteiger partial charge on any atom is -0.326 e. The van der Waals surface area contributed by atoms with Crippen molar-refractivity contribution in [3.05, 3.63) is 64.4 Å². The number of thiophene rings is 1. The number of nitrogens with one attached hydrogen (secondary N) is 1. The number of carbonyl (C=O) groups is 2. The lowest BCUT2D eigenvalue weighted by Crippen LogP contribution is -2.30. The lowest BCUT2D eigenvalue weighted by molar-refractivity contribution is -0.128. The lowest BCUT2D eigenvalue weighted by atomic mass is 10.1. The number of hydrazone groups is 1. The summed E-state index contributed by atoms with van der Waals surface area (Å²) in [5.41, 5.74) is 2.87. The lowest BCUT2D eigenvalue weighted by Gasteiger charge is -2.11. The Bertz CT molecular complexity index is 967. The zero-order valence-electron chi connectivity index (χ0n) is 16.3. The Hall–Kier alpha value is -2.71. The Morgan fingerprint density at radius 1 is 1.34 bits per heavy atom. The number of thioether (sulfide) groups is 1. The molecule has 1 aliphatic rings. The summed E-state index contributed by atoms with van der Waals surface area (Å²) in [4.78, 5) is 30.7. The van der Waals surface area contributed by atoms with Gasteiger partial charge in [-0.1, -0.05) is 41.6 Å². The van der Waals surface area contributed by atoms with Crippen molar-refractivity contribution in [2.45, 2.75) is 25.5 Å². The normalized spacial score (nSPS) is 18.0. The molecule has 2 amide bonds. The van der Waals surface area contributed by atoms with Gasteiger partial charge in [-0.3, -0.25) is 14.6 Å². The monoisotopic (exact) mass is 426 g/mol. The molecule has 1 atom stereocenters. The molecule has 29 heavy (non-hydrogen) atoms. The van der Waals surface area contributed by atoms with Crippen molar-refractivity contribution in [1.29, 1.82) is 0 Å². The minimum atomic E-state index is -0.565. The molecule has 1 N–H and O–H groups in total. The number of aliphatic imine (C=N–C) groups is 1. The van der Waals surface area contributed by atoms with Crippen LogP contribution in [0.4, 0.5) is 5.69 Å². The Morgan fingerprint density at radius 2 is 2.17 bits per heavy atom.